The number of hydrogen-bond donors (Lipinski definition) is 0. The average Bonchev–Trinajstić information content (AvgIpc) is 2.35. The standard InChI is InChI=1S/C12H17N5/c1-9-7-17(8-10(2)16(9)3)12-6-14-11(4-13)5-15-12/h5-6,9-10H,7-8H2,1-3H3. The van der Waals surface area contributed by atoms with Gasteiger partial charge < -0.3 is 4.90 Å². The molecule has 0 aromatic carbocycles. The van der Waals surface area contributed by atoms with Gasteiger partial charge in [0.2, 0.25) is 0 Å². The molecule has 0 radical (unpaired) electrons. The number of likely N-dealkylation sites (N-methyl/N-ethyl adjacent to an activating group) is 1. The Kier molecular flexibility index (Phi) is 3.25. The highest BCUT2D eigenvalue weighted by molar-refractivity contribution is 5.38. The van der Waals surface area contributed by atoms with Crippen LogP contribution in [0.5, 0.6) is 0 Å². The molecule has 1 aromatic rings. The highest BCUT2D eigenvalue weighted by atomic mass is 15.3. The van der Waals surface area contributed by atoms with Gasteiger partial charge in [0, 0.05) is 25.2 Å². The van der Waals surface area contributed by atoms with Gasteiger partial charge in [-0.3, -0.25) is 4.90 Å². The van der Waals surface area contributed by atoms with Gasteiger partial charge >= 0.3 is 0 Å². The van der Waals surface area contributed by atoms with Gasteiger partial charge in [0.25, 0.3) is 0 Å². The van der Waals surface area contributed by atoms with Gasteiger partial charge in [0.05, 0.1) is 12.4 Å². The molecule has 0 bridgehead atoms. The first-order chi connectivity index (χ1) is 8.11. The van der Waals surface area contributed by atoms with Gasteiger partial charge in [-0.2, -0.15) is 5.26 Å². The maximum Gasteiger partial charge on any atom is 0.158 e. The number of aromatic nitrogens is 2. The van der Waals surface area contributed by atoms with E-state index in [2.05, 4.69) is 40.7 Å². The van der Waals surface area contributed by atoms with Crippen molar-refractivity contribution in [1.29, 1.82) is 5.26 Å². The van der Waals surface area contributed by atoms with E-state index in [0.717, 1.165) is 18.9 Å². The van der Waals surface area contributed by atoms with E-state index >= 15 is 0 Å². The van der Waals surface area contributed by atoms with E-state index in [4.69, 9.17) is 5.26 Å². The Bertz CT molecular complexity index is 410. The van der Waals surface area contributed by atoms with Crippen LogP contribution in [0.1, 0.15) is 19.5 Å². The molecule has 2 heterocycles. The normalized spacial score (nSPS) is 25.6. The minimum Gasteiger partial charge on any atom is -0.352 e. The van der Waals surface area contributed by atoms with Gasteiger partial charge in [-0.15, -0.1) is 0 Å². The summed E-state index contributed by atoms with van der Waals surface area (Å²) in [4.78, 5) is 12.9. The van der Waals surface area contributed by atoms with E-state index in [1.165, 1.54) is 6.20 Å². The molecule has 0 spiro atoms. The summed E-state index contributed by atoms with van der Waals surface area (Å²) in [5, 5.41) is 8.68. The molecule has 0 N–H and O–H groups in total. The molecule has 0 saturated carbocycles. The molecule has 0 aliphatic carbocycles. The highest BCUT2D eigenvalue weighted by Crippen LogP contribution is 2.18. The van der Waals surface area contributed by atoms with Crippen LogP contribution in [-0.4, -0.2) is 47.1 Å². The molecule has 0 amide bonds. The van der Waals surface area contributed by atoms with Gasteiger partial charge in [0.15, 0.2) is 5.69 Å². The maximum atomic E-state index is 8.68. The van der Waals surface area contributed by atoms with Crippen LogP contribution in [0.15, 0.2) is 12.4 Å². The molecular formula is C12H17N5. The number of nitriles is 1. The molecule has 2 unspecified atom stereocenters. The summed E-state index contributed by atoms with van der Waals surface area (Å²) in [7, 11) is 2.15. The van der Waals surface area contributed by atoms with Crippen molar-refractivity contribution in [2.45, 2.75) is 25.9 Å². The van der Waals surface area contributed by atoms with Crippen molar-refractivity contribution in [1.82, 2.24) is 14.9 Å². The van der Waals surface area contributed by atoms with Crippen molar-refractivity contribution in [3.63, 3.8) is 0 Å². The molecule has 2 atom stereocenters. The average molecular weight is 231 g/mol. The fraction of sp³-hybridized carbons (Fsp3) is 0.583. The van der Waals surface area contributed by atoms with Crippen molar-refractivity contribution in [3.05, 3.63) is 18.1 Å². The first-order valence-electron chi connectivity index (χ1n) is 5.81. The van der Waals surface area contributed by atoms with E-state index in [-0.39, 0.29) is 0 Å². The number of nitrogens with zero attached hydrogens (tertiary/aromatic N) is 5. The molecule has 1 aliphatic rings. The zero-order valence-electron chi connectivity index (χ0n) is 10.5. The lowest BCUT2D eigenvalue weighted by atomic mass is 10.1. The minimum absolute atomic E-state index is 0.365. The van der Waals surface area contributed by atoms with Crippen LogP contribution in [0.4, 0.5) is 5.82 Å². The monoisotopic (exact) mass is 231 g/mol. The maximum absolute atomic E-state index is 8.68. The van der Waals surface area contributed by atoms with Gasteiger partial charge in [-0.25, -0.2) is 9.97 Å². The van der Waals surface area contributed by atoms with Crippen molar-refractivity contribution in [3.8, 4) is 6.07 Å². The quantitative estimate of drug-likeness (QED) is 0.718. The molecular weight excluding hydrogens is 214 g/mol. The van der Waals surface area contributed by atoms with E-state index < -0.39 is 0 Å². The van der Waals surface area contributed by atoms with Crippen LogP contribution < -0.4 is 4.90 Å². The molecule has 1 saturated heterocycles. The molecule has 90 valence electrons. The number of piperazine rings is 1. The molecule has 5 heteroatoms. The molecule has 1 fully saturated rings. The fourth-order valence-corrected chi connectivity index (χ4v) is 2.13. The topological polar surface area (TPSA) is 56.1 Å². The zero-order valence-corrected chi connectivity index (χ0v) is 10.5. The summed E-state index contributed by atoms with van der Waals surface area (Å²) in [6.45, 7) is 6.31. The molecule has 5 nitrogen and oxygen atoms in total. The van der Waals surface area contributed by atoms with E-state index in [0.29, 0.717) is 17.8 Å². The lowest BCUT2D eigenvalue weighted by molar-refractivity contribution is 0.169. The van der Waals surface area contributed by atoms with Crippen LogP contribution >= 0.6 is 0 Å². The van der Waals surface area contributed by atoms with Gasteiger partial charge in [-0.1, -0.05) is 0 Å². The third-order valence-corrected chi connectivity index (χ3v) is 3.44. The summed E-state index contributed by atoms with van der Waals surface area (Å²) in [6.07, 6.45) is 3.21. The summed E-state index contributed by atoms with van der Waals surface area (Å²) >= 11 is 0. The minimum atomic E-state index is 0.365. The second-order valence-corrected chi connectivity index (χ2v) is 4.64. The van der Waals surface area contributed by atoms with Crippen LogP contribution in [-0.2, 0) is 0 Å². The Morgan fingerprint density at radius 1 is 1.24 bits per heavy atom. The van der Waals surface area contributed by atoms with Gasteiger partial charge in [0.1, 0.15) is 11.9 Å². The van der Waals surface area contributed by atoms with Crippen molar-refractivity contribution >= 4 is 5.82 Å². The van der Waals surface area contributed by atoms with Crippen molar-refractivity contribution in [2.75, 3.05) is 25.0 Å². The summed E-state index contributed by atoms with van der Waals surface area (Å²) < 4.78 is 0. The van der Waals surface area contributed by atoms with Crippen molar-refractivity contribution in [2.24, 2.45) is 0 Å². The molecule has 1 aliphatic heterocycles. The van der Waals surface area contributed by atoms with Crippen LogP contribution in [0, 0.1) is 11.3 Å². The summed E-state index contributed by atoms with van der Waals surface area (Å²) in [6, 6.07) is 2.97. The third-order valence-electron chi connectivity index (χ3n) is 3.44. The fourth-order valence-electron chi connectivity index (χ4n) is 2.13. The Morgan fingerprint density at radius 3 is 2.35 bits per heavy atom. The van der Waals surface area contributed by atoms with E-state index in [9.17, 15) is 0 Å². The smallest absolute Gasteiger partial charge is 0.158 e. The summed E-state index contributed by atoms with van der Waals surface area (Å²) in [5.74, 6) is 0.857. The summed E-state index contributed by atoms with van der Waals surface area (Å²) in [5.41, 5.74) is 0.365. The molecule has 17 heavy (non-hydrogen) atoms. The zero-order chi connectivity index (χ0) is 12.4. The second kappa shape index (κ2) is 4.68. The predicted octanol–water partition coefficient (Wildman–Crippen LogP) is 0.877. The van der Waals surface area contributed by atoms with Crippen LogP contribution in [0.3, 0.4) is 0 Å². The number of anilines is 1. The Morgan fingerprint density at radius 2 is 1.88 bits per heavy atom. The molecule has 2 rings (SSSR count). The SMILES string of the molecule is CC1CN(c2cnc(C#N)cn2)CC(C)N1C. The lowest BCUT2D eigenvalue weighted by Gasteiger charge is -2.42. The van der Waals surface area contributed by atoms with E-state index in [1.54, 1.807) is 6.20 Å². The number of rotatable bonds is 1. The van der Waals surface area contributed by atoms with E-state index in [1.807, 2.05) is 6.07 Å². The second-order valence-electron chi connectivity index (χ2n) is 4.64. The van der Waals surface area contributed by atoms with Gasteiger partial charge in [-0.05, 0) is 20.9 Å². The highest BCUT2D eigenvalue weighted by Gasteiger charge is 2.27. The first kappa shape index (κ1) is 11.8. The predicted molar refractivity (Wildman–Crippen MR) is 65.6 cm³/mol. The third kappa shape index (κ3) is 2.37. The Labute approximate surface area is 102 Å². The van der Waals surface area contributed by atoms with Crippen LogP contribution in [0.25, 0.3) is 0 Å². The molecule has 1 aromatic heterocycles. The van der Waals surface area contributed by atoms with Crippen LogP contribution in [0.2, 0.25) is 0 Å². The number of hydrogen-bond acceptors (Lipinski definition) is 5. The van der Waals surface area contributed by atoms with Crippen molar-refractivity contribution < 1.29 is 0 Å². The lowest BCUT2D eigenvalue weighted by Crippen LogP contribution is -2.55. The Hall–Kier alpha value is -1.67. The largest absolute Gasteiger partial charge is 0.352 e. The Balaban J connectivity index is 2.15. The first-order valence-corrected chi connectivity index (χ1v) is 5.81.